The summed E-state index contributed by atoms with van der Waals surface area (Å²) in [6, 6.07) is 6.51. The molecule has 3 heteroatoms. The molecular formula is C16H22BrNS. The summed E-state index contributed by atoms with van der Waals surface area (Å²) < 4.78 is 2.61. The molecule has 0 spiro atoms. The lowest BCUT2D eigenvalue weighted by Crippen LogP contribution is -2.16. The number of hydrogen-bond donors (Lipinski definition) is 1. The molecule has 0 saturated heterocycles. The van der Waals surface area contributed by atoms with Gasteiger partial charge in [0, 0.05) is 9.17 Å². The van der Waals surface area contributed by atoms with E-state index in [1.807, 2.05) is 11.3 Å². The van der Waals surface area contributed by atoms with Gasteiger partial charge in [-0.2, -0.15) is 0 Å². The Balaban J connectivity index is 1.93. The molecule has 0 fully saturated rings. The molecule has 19 heavy (non-hydrogen) atoms. The summed E-state index contributed by atoms with van der Waals surface area (Å²) in [7, 11) is 0. The van der Waals surface area contributed by atoms with Crippen molar-refractivity contribution in [1.29, 1.82) is 0 Å². The quantitative estimate of drug-likeness (QED) is 0.681. The lowest BCUT2D eigenvalue weighted by atomic mass is 9.98. The zero-order valence-electron chi connectivity index (χ0n) is 11.7. The molecule has 1 aromatic heterocycles. The maximum Gasteiger partial charge on any atom is 0.0487 e. The first-order valence-corrected chi connectivity index (χ1v) is 8.75. The second-order valence-electron chi connectivity index (χ2n) is 5.16. The Kier molecular flexibility index (Phi) is 5.86. The zero-order valence-corrected chi connectivity index (χ0v) is 14.1. The SMILES string of the molecule is CCNCCC(C)CCc1csc2c(Br)cccc12. The fourth-order valence-corrected chi connectivity index (χ4v) is 4.00. The van der Waals surface area contributed by atoms with Gasteiger partial charge in [0.05, 0.1) is 0 Å². The minimum absolute atomic E-state index is 0.793. The van der Waals surface area contributed by atoms with Crippen LogP contribution in [-0.4, -0.2) is 13.1 Å². The number of rotatable bonds is 7. The minimum Gasteiger partial charge on any atom is -0.317 e. The molecule has 2 aromatic rings. The van der Waals surface area contributed by atoms with Gasteiger partial charge >= 0.3 is 0 Å². The fraction of sp³-hybridized carbons (Fsp3) is 0.500. The third kappa shape index (κ3) is 4.04. The summed E-state index contributed by atoms with van der Waals surface area (Å²) in [4.78, 5) is 0. The average molecular weight is 340 g/mol. The molecule has 0 radical (unpaired) electrons. The van der Waals surface area contributed by atoms with Crippen LogP contribution in [0.25, 0.3) is 10.1 Å². The number of aryl methyl sites for hydroxylation is 1. The molecule has 0 aliphatic carbocycles. The van der Waals surface area contributed by atoms with Crippen molar-refractivity contribution < 1.29 is 0 Å². The number of hydrogen-bond acceptors (Lipinski definition) is 2. The van der Waals surface area contributed by atoms with E-state index in [-0.39, 0.29) is 0 Å². The lowest BCUT2D eigenvalue weighted by Gasteiger charge is -2.11. The first kappa shape index (κ1) is 15.0. The van der Waals surface area contributed by atoms with Gasteiger partial charge in [0.1, 0.15) is 0 Å². The molecule has 1 aromatic carbocycles. The topological polar surface area (TPSA) is 12.0 Å². The number of fused-ring (bicyclic) bond motifs is 1. The highest BCUT2D eigenvalue weighted by molar-refractivity contribution is 9.10. The number of benzene rings is 1. The predicted molar refractivity (Wildman–Crippen MR) is 90.2 cm³/mol. The molecule has 104 valence electrons. The Morgan fingerprint density at radius 1 is 1.32 bits per heavy atom. The molecule has 1 nitrogen and oxygen atoms in total. The van der Waals surface area contributed by atoms with E-state index in [9.17, 15) is 0 Å². The molecule has 0 saturated carbocycles. The summed E-state index contributed by atoms with van der Waals surface area (Å²) in [5.41, 5.74) is 1.51. The van der Waals surface area contributed by atoms with E-state index < -0.39 is 0 Å². The van der Waals surface area contributed by atoms with Gasteiger partial charge in [-0.25, -0.2) is 0 Å². The normalized spacial score (nSPS) is 13.0. The summed E-state index contributed by atoms with van der Waals surface area (Å²) in [5, 5.41) is 7.16. The van der Waals surface area contributed by atoms with Crippen molar-refractivity contribution in [2.45, 2.75) is 33.1 Å². The van der Waals surface area contributed by atoms with Crippen LogP contribution in [0.5, 0.6) is 0 Å². The van der Waals surface area contributed by atoms with Crippen molar-refractivity contribution in [3.8, 4) is 0 Å². The van der Waals surface area contributed by atoms with Crippen LogP contribution < -0.4 is 5.32 Å². The maximum atomic E-state index is 3.63. The van der Waals surface area contributed by atoms with Crippen LogP contribution in [0.1, 0.15) is 32.3 Å². The number of thiophene rings is 1. The lowest BCUT2D eigenvalue weighted by molar-refractivity contribution is 0.475. The van der Waals surface area contributed by atoms with E-state index in [1.54, 1.807) is 0 Å². The number of nitrogens with one attached hydrogen (secondary N) is 1. The standard InChI is InChI=1S/C16H22BrNS/c1-3-18-10-9-12(2)7-8-13-11-19-16-14(13)5-4-6-15(16)17/h4-6,11-12,18H,3,7-10H2,1-2H3. The van der Waals surface area contributed by atoms with Crippen molar-refractivity contribution in [2.24, 2.45) is 5.92 Å². The zero-order chi connectivity index (χ0) is 13.7. The Morgan fingerprint density at radius 3 is 2.95 bits per heavy atom. The minimum atomic E-state index is 0.793. The monoisotopic (exact) mass is 339 g/mol. The van der Waals surface area contributed by atoms with E-state index in [0.717, 1.165) is 19.0 Å². The van der Waals surface area contributed by atoms with Gasteiger partial charge in [-0.15, -0.1) is 11.3 Å². The maximum absolute atomic E-state index is 3.63. The first-order valence-electron chi connectivity index (χ1n) is 7.07. The molecule has 1 unspecified atom stereocenters. The van der Waals surface area contributed by atoms with Gasteiger partial charge in [0.25, 0.3) is 0 Å². The van der Waals surface area contributed by atoms with Gasteiger partial charge < -0.3 is 5.32 Å². The van der Waals surface area contributed by atoms with E-state index in [4.69, 9.17) is 0 Å². The molecule has 1 atom stereocenters. The molecule has 0 bridgehead atoms. The van der Waals surface area contributed by atoms with Gasteiger partial charge in [0.2, 0.25) is 0 Å². The molecule has 0 aliphatic heterocycles. The van der Waals surface area contributed by atoms with Gasteiger partial charge in [0.15, 0.2) is 0 Å². The van der Waals surface area contributed by atoms with Crippen molar-refractivity contribution in [2.75, 3.05) is 13.1 Å². The molecule has 1 heterocycles. The number of halogens is 1. The summed E-state index contributed by atoms with van der Waals surface area (Å²) in [6.07, 6.45) is 3.76. The Bertz CT molecular complexity index is 520. The average Bonchev–Trinajstić information content (AvgIpc) is 2.81. The van der Waals surface area contributed by atoms with E-state index >= 15 is 0 Å². The van der Waals surface area contributed by atoms with Crippen molar-refractivity contribution in [1.82, 2.24) is 5.32 Å². The van der Waals surface area contributed by atoms with Crippen molar-refractivity contribution in [3.63, 3.8) is 0 Å². The summed E-state index contributed by atoms with van der Waals surface area (Å²) >= 11 is 5.49. The van der Waals surface area contributed by atoms with Crippen LogP contribution >= 0.6 is 27.3 Å². The Labute approximate surface area is 128 Å². The van der Waals surface area contributed by atoms with E-state index in [2.05, 4.69) is 58.7 Å². The second-order valence-corrected chi connectivity index (χ2v) is 6.90. The van der Waals surface area contributed by atoms with E-state index in [1.165, 1.54) is 39.4 Å². The second kappa shape index (κ2) is 7.41. The molecule has 1 N–H and O–H groups in total. The summed E-state index contributed by atoms with van der Waals surface area (Å²) in [5.74, 6) is 0.793. The van der Waals surface area contributed by atoms with Crippen LogP contribution in [0.4, 0.5) is 0 Å². The van der Waals surface area contributed by atoms with Crippen LogP contribution in [-0.2, 0) is 6.42 Å². The van der Waals surface area contributed by atoms with Crippen molar-refractivity contribution >= 4 is 37.4 Å². The molecule has 0 aliphatic rings. The largest absolute Gasteiger partial charge is 0.317 e. The van der Waals surface area contributed by atoms with Crippen LogP contribution in [0.15, 0.2) is 28.1 Å². The van der Waals surface area contributed by atoms with Gasteiger partial charge in [-0.3, -0.25) is 0 Å². The van der Waals surface area contributed by atoms with Gasteiger partial charge in [-0.05, 0) is 76.6 Å². The summed E-state index contributed by atoms with van der Waals surface area (Å²) in [6.45, 7) is 6.76. The highest BCUT2D eigenvalue weighted by Gasteiger charge is 2.08. The third-order valence-corrected chi connectivity index (χ3v) is 5.60. The van der Waals surface area contributed by atoms with Crippen LogP contribution in [0.2, 0.25) is 0 Å². The Hall–Kier alpha value is -0.380. The van der Waals surface area contributed by atoms with Gasteiger partial charge in [-0.1, -0.05) is 26.0 Å². The third-order valence-electron chi connectivity index (χ3n) is 3.60. The highest BCUT2D eigenvalue weighted by atomic mass is 79.9. The van der Waals surface area contributed by atoms with Crippen molar-refractivity contribution in [3.05, 3.63) is 33.6 Å². The van der Waals surface area contributed by atoms with Crippen LogP contribution in [0.3, 0.4) is 0 Å². The highest BCUT2D eigenvalue weighted by Crippen LogP contribution is 2.33. The smallest absolute Gasteiger partial charge is 0.0487 e. The fourth-order valence-electron chi connectivity index (χ4n) is 2.34. The first-order chi connectivity index (χ1) is 9.22. The Morgan fingerprint density at radius 2 is 2.16 bits per heavy atom. The van der Waals surface area contributed by atoms with Crippen LogP contribution in [0, 0.1) is 5.92 Å². The van der Waals surface area contributed by atoms with E-state index in [0.29, 0.717) is 0 Å². The molecular weight excluding hydrogens is 318 g/mol. The predicted octanol–water partition coefficient (Wildman–Crippen LogP) is 5.23. The molecule has 0 amide bonds. The molecule has 2 rings (SSSR count).